The summed E-state index contributed by atoms with van der Waals surface area (Å²) in [6.07, 6.45) is 5.18. The summed E-state index contributed by atoms with van der Waals surface area (Å²) < 4.78 is 10.1. The van der Waals surface area contributed by atoms with Gasteiger partial charge in [-0.1, -0.05) is 32.8 Å². The van der Waals surface area contributed by atoms with Crippen LogP contribution in [0.4, 0.5) is 0 Å². The van der Waals surface area contributed by atoms with Gasteiger partial charge in [-0.05, 0) is 18.9 Å². The zero-order valence-corrected chi connectivity index (χ0v) is 12.9. The van der Waals surface area contributed by atoms with Crippen molar-refractivity contribution in [1.29, 1.82) is 0 Å². The van der Waals surface area contributed by atoms with Crippen molar-refractivity contribution < 1.29 is 14.3 Å². The van der Waals surface area contributed by atoms with Crippen LogP contribution in [0.5, 0.6) is 0 Å². The van der Waals surface area contributed by atoms with Crippen LogP contribution in [0.15, 0.2) is 11.6 Å². The molecule has 1 atom stereocenters. The van der Waals surface area contributed by atoms with Gasteiger partial charge >= 0.3 is 5.97 Å². The second-order valence-corrected chi connectivity index (χ2v) is 5.53. The van der Waals surface area contributed by atoms with E-state index in [9.17, 15) is 4.79 Å². The van der Waals surface area contributed by atoms with Crippen molar-refractivity contribution in [2.75, 3.05) is 13.4 Å². The van der Waals surface area contributed by atoms with E-state index in [2.05, 4.69) is 13.8 Å². The van der Waals surface area contributed by atoms with Crippen LogP contribution in [-0.2, 0) is 14.3 Å². The molecular formula is C12H24O3Si. The van der Waals surface area contributed by atoms with E-state index >= 15 is 0 Å². The largest absolute Gasteiger partial charge is 0.435 e. The van der Waals surface area contributed by atoms with Crippen molar-refractivity contribution in [2.24, 2.45) is 0 Å². The monoisotopic (exact) mass is 244 g/mol. The van der Waals surface area contributed by atoms with Gasteiger partial charge in [-0.15, -0.1) is 0 Å². The number of allylic oxidation sites excluding steroid dienone is 1. The van der Waals surface area contributed by atoms with Crippen LogP contribution in [0.2, 0.25) is 5.54 Å². The highest BCUT2D eigenvalue weighted by Gasteiger charge is 2.06. The van der Waals surface area contributed by atoms with Crippen LogP contribution in [0.1, 0.15) is 40.0 Å². The lowest BCUT2D eigenvalue weighted by Crippen LogP contribution is -2.10. The molecule has 0 amide bonds. The van der Waals surface area contributed by atoms with E-state index in [-0.39, 0.29) is 12.8 Å². The molecule has 0 radical (unpaired) electrons. The van der Waals surface area contributed by atoms with Gasteiger partial charge in [0.15, 0.2) is 6.79 Å². The number of carbonyl (C=O) groups excluding carboxylic acids is 1. The van der Waals surface area contributed by atoms with Crippen molar-refractivity contribution >= 4 is 16.2 Å². The smallest absolute Gasteiger partial charge is 0.335 e. The highest BCUT2D eigenvalue weighted by Crippen LogP contribution is 2.10. The molecule has 0 aromatic rings. The third kappa shape index (κ3) is 7.65. The molecular weight excluding hydrogens is 220 g/mol. The lowest BCUT2D eigenvalue weighted by atomic mass is 10.2. The van der Waals surface area contributed by atoms with E-state index in [0.29, 0.717) is 17.7 Å². The van der Waals surface area contributed by atoms with Gasteiger partial charge in [0.05, 0.1) is 6.61 Å². The fourth-order valence-corrected chi connectivity index (χ4v) is 1.63. The Bertz CT molecular complexity index is 226. The molecule has 0 saturated carbocycles. The fourth-order valence-electron chi connectivity index (χ4n) is 1.13. The van der Waals surface area contributed by atoms with Crippen LogP contribution in [-0.4, -0.2) is 29.6 Å². The standard InChI is InChI=1S/C12H24O3Si/c1-4-6-7-14-9-15-12(13)10(3)8-11(16)5-2/h8,11H,4-7,9H2,1-3,16H3. The summed E-state index contributed by atoms with van der Waals surface area (Å²) in [6, 6.07) is 0. The molecule has 94 valence electrons. The summed E-state index contributed by atoms with van der Waals surface area (Å²) in [5, 5.41) is 0. The topological polar surface area (TPSA) is 35.5 Å². The van der Waals surface area contributed by atoms with Crippen LogP contribution >= 0.6 is 0 Å². The SMILES string of the molecule is CCCCOCOC(=O)C(C)=CC([SiH3])CC. The third-order valence-electron chi connectivity index (χ3n) is 2.42. The molecule has 0 rings (SSSR count). The van der Waals surface area contributed by atoms with Crippen LogP contribution in [0.3, 0.4) is 0 Å². The van der Waals surface area contributed by atoms with Crippen LogP contribution in [0, 0.1) is 0 Å². The average Bonchev–Trinajstić information content (AvgIpc) is 2.28. The van der Waals surface area contributed by atoms with Gasteiger partial charge < -0.3 is 9.47 Å². The van der Waals surface area contributed by atoms with Crippen molar-refractivity contribution in [2.45, 2.75) is 45.6 Å². The lowest BCUT2D eigenvalue weighted by molar-refractivity contribution is -0.151. The summed E-state index contributed by atoms with van der Waals surface area (Å²) in [4.78, 5) is 11.5. The van der Waals surface area contributed by atoms with Crippen LogP contribution in [0.25, 0.3) is 0 Å². The van der Waals surface area contributed by atoms with E-state index in [1.54, 1.807) is 6.92 Å². The van der Waals surface area contributed by atoms with E-state index in [1.165, 1.54) is 0 Å². The Morgan fingerprint density at radius 2 is 2.12 bits per heavy atom. The number of hydrogen-bond acceptors (Lipinski definition) is 3. The first-order valence-electron chi connectivity index (χ1n) is 6.05. The summed E-state index contributed by atoms with van der Waals surface area (Å²) >= 11 is 0. The fraction of sp³-hybridized carbons (Fsp3) is 0.750. The lowest BCUT2D eigenvalue weighted by Gasteiger charge is -2.07. The first-order valence-corrected chi connectivity index (χ1v) is 7.20. The predicted octanol–water partition coefficient (Wildman–Crippen LogP) is 1.81. The zero-order valence-electron chi connectivity index (χ0n) is 10.9. The maximum atomic E-state index is 11.5. The molecule has 0 bridgehead atoms. The Morgan fingerprint density at radius 1 is 1.44 bits per heavy atom. The molecule has 1 unspecified atom stereocenters. The maximum Gasteiger partial charge on any atom is 0.335 e. The summed E-state index contributed by atoms with van der Waals surface area (Å²) in [5.41, 5.74) is 1.24. The Hall–Kier alpha value is -0.613. The minimum Gasteiger partial charge on any atom is -0.435 e. The van der Waals surface area contributed by atoms with Gasteiger partial charge in [-0.2, -0.15) is 0 Å². The van der Waals surface area contributed by atoms with Gasteiger partial charge in [0.2, 0.25) is 0 Å². The highest BCUT2D eigenvalue weighted by atomic mass is 28.1. The van der Waals surface area contributed by atoms with E-state index < -0.39 is 0 Å². The molecule has 0 aliphatic carbocycles. The molecule has 0 fully saturated rings. The molecule has 0 aromatic heterocycles. The predicted molar refractivity (Wildman–Crippen MR) is 69.6 cm³/mol. The van der Waals surface area contributed by atoms with Crippen molar-refractivity contribution in [3.63, 3.8) is 0 Å². The molecule has 4 heteroatoms. The normalized spacial score (nSPS) is 13.8. The number of rotatable bonds is 8. The number of ether oxygens (including phenoxy) is 2. The highest BCUT2D eigenvalue weighted by molar-refractivity contribution is 6.13. The molecule has 16 heavy (non-hydrogen) atoms. The second kappa shape index (κ2) is 9.60. The minimum atomic E-state index is -0.259. The van der Waals surface area contributed by atoms with E-state index in [0.717, 1.165) is 29.5 Å². The molecule has 0 N–H and O–H groups in total. The number of esters is 1. The molecule has 0 aliphatic heterocycles. The Morgan fingerprint density at radius 3 is 2.69 bits per heavy atom. The first-order chi connectivity index (χ1) is 7.61. The molecule has 3 nitrogen and oxygen atoms in total. The van der Waals surface area contributed by atoms with Crippen molar-refractivity contribution in [3.05, 3.63) is 11.6 Å². The molecule has 0 heterocycles. The van der Waals surface area contributed by atoms with E-state index in [1.807, 2.05) is 6.08 Å². The van der Waals surface area contributed by atoms with Crippen molar-refractivity contribution in [1.82, 2.24) is 0 Å². The Kier molecular flexibility index (Phi) is 9.23. The van der Waals surface area contributed by atoms with Crippen LogP contribution < -0.4 is 0 Å². The molecule has 0 aliphatic rings. The summed E-state index contributed by atoms with van der Waals surface area (Å²) in [7, 11) is 1.07. The quantitative estimate of drug-likeness (QED) is 0.215. The molecule has 0 spiro atoms. The zero-order chi connectivity index (χ0) is 12.4. The van der Waals surface area contributed by atoms with Gasteiger partial charge in [-0.25, -0.2) is 4.79 Å². The number of hydrogen-bond donors (Lipinski definition) is 0. The third-order valence-corrected chi connectivity index (χ3v) is 3.57. The second-order valence-electron chi connectivity index (χ2n) is 4.05. The van der Waals surface area contributed by atoms with Gasteiger partial charge in [-0.3, -0.25) is 0 Å². The Balaban J connectivity index is 3.75. The molecule has 0 aromatic carbocycles. The molecule has 0 saturated heterocycles. The van der Waals surface area contributed by atoms with Gasteiger partial charge in [0.25, 0.3) is 0 Å². The number of unbranched alkanes of at least 4 members (excludes halogenated alkanes) is 1. The maximum absolute atomic E-state index is 11.5. The average molecular weight is 244 g/mol. The van der Waals surface area contributed by atoms with Crippen molar-refractivity contribution in [3.8, 4) is 0 Å². The summed E-state index contributed by atoms with van der Waals surface area (Å²) in [5.74, 6) is -0.259. The Labute approximate surface area is 102 Å². The van der Waals surface area contributed by atoms with Gasteiger partial charge in [0.1, 0.15) is 0 Å². The summed E-state index contributed by atoms with van der Waals surface area (Å²) in [6.45, 7) is 6.75. The minimum absolute atomic E-state index is 0.0714. The van der Waals surface area contributed by atoms with Gasteiger partial charge in [0, 0.05) is 15.8 Å². The first kappa shape index (κ1) is 15.4. The number of carbonyl (C=O) groups is 1. The van der Waals surface area contributed by atoms with E-state index in [4.69, 9.17) is 9.47 Å².